The zero-order valence-corrected chi connectivity index (χ0v) is 9.57. The second kappa shape index (κ2) is 10.4. The van der Waals surface area contributed by atoms with E-state index in [9.17, 15) is 5.11 Å². The van der Waals surface area contributed by atoms with Crippen LogP contribution in [-0.4, -0.2) is 35.5 Å². The lowest BCUT2D eigenvalue weighted by Crippen LogP contribution is -2.34. The summed E-state index contributed by atoms with van der Waals surface area (Å²) in [6.45, 7) is 0.929. The van der Waals surface area contributed by atoms with E-state index in [-0.39, 0.29) is 12.6 Å². The number of aliphatic hydroxyl groups is 2. The zero-order valence-electron chi connectivity index (χ0n) is 9.57. The van der Waals surface area contributed by atoms with Crippen LogP contribution in [0.2, 0.25) is 0 Å². The lowest BCUT2D eigenvalue weighted by Gasteiger charge is -2.18. The van der Waals surface area contributed by atoms with Crippen LogP contribution in [0.25, 0.3) is 0 Å². The highest BCUT2D eigenvalue weighted by molar-refractivity contribution is 4.71. The molecular weight excluding hydrogens is 192 g/mol. The lowest BCUT2D eigenvalue weighted by molar-refractivity contribution is 0.125. The van der Waals surface area contributed by atoms with Crippen molar-refractivity contribution in [3.8, 4) is 0 Å². The van der Waals surface area contributed by atoms with Crippen LogP contribution in [-0.2, 0) is 0 Å². The van der Waals surface area contributed by atoms with Crippen LogP contribution in [0.15, 0.2) is 0 Å². The summed E-state index contributed by atoms with van der Waals surface area (Å²) in [6.07, 6.45) is 5.89. The van der Waals surface area contributed by atoms with E-state index in [0.717, 1.165) is 51.5 Å². The Morgan fingerprint density at radius 2 is 1.60 bits per heavy atom. The Hall–Kier alpha value is -0.160. The summed E-state index contributed by atoms with van der Waals surface area (Å²) in [5.74, 6) is 0. The largest absolute Gasteiger partial charge is 0.396 e. The summed E-state index contributed by atoms with van der Waals surface area (Å²) >= 11 is 0. The third-order valence-electron chi connectivity index (χ3n) is 2.64. The van der Waals surface area contributed by atoms with Crippen LogP contribution >= 0.6 is 0 Å². The van der Waals surface area contributed by atoms with E-state index in [0.29, 0.717) is 0 Å². The first-order valence-corrected chi connectivity index (χ1v) is 5.97. The minimum atomic E-state index is -0.401. The summed E-state index contributed by atoms with van der Waals surface area (Å²) in [4.78, 5) is 0. The van der Waals surface area contributed by atoms with Crippen molar-refractivity contribution in [1.29, 1.82) is 0 Å². The molecule has 0 saturated heterocycles. The van der Waals surface area contributed by atoms with E-state index in [2.05, 4.69) is 0 Å². The lowest BCUT2D eigenvalue weighted by atomic mass is 10.00. The fourth-order valence-corrected chi connectivity index (χ4v) is 1.57. The van der Waals surface area contributed by atoms with E-state index >= 15 is 0 Å². The summed E-state index contributed by atoms with van der Waals surface area (Å²) in [6, 6.07) is -0.144. The minimum absolute atomic E-state index is 0.144. The summed E-state index contributed by atoms with van der Waals surface area (Å²) in [5, 5.41) is 18.3. The number of hydrogen-bond acceptors (Lipinski definition) is 4. The molecule has 0 aromatic carbocycles. The SMILES string of the molecule is NCCCCCC(O)C(N)CCCCO. The monoisotopic (exact) mass is 218 g/mol. The van der Waals surface area contributed by atoms with Gasteiger partial charge in [0.15, 0.2) is 0 Å². The quantitative estimate of drug-likeness (QED) is 0.398. The van der Waals surface area contributed by atoms with Crippen molar-refractivity contribution in [2.24, 2.45) is 11.5 Å². The Morgan fingerprint density at radius 1 is 0.933 bits per heavy atom. The molecule has 0 aliphatic heterocycles. The molecule has 0 radical (unpaired) electrons. The average Bonchev–Trinajstić information content (AvgIpc) is 2.24. The van der Waals surface area contributed by atoms with Crippen LogP contribution in [0.4, 0.5) is 0 Å². The Bertz CT molecular complexity index is 134. The van der Waals surface area contributed by atoms with Crippen molar-refractivity contribution in [3.05, 3.63) is 0 Å². The molecule has 0 aliphatic carbocycles. The molecule has 0 aromatic heterocycles. The van der Waals surface area contributed by atoms with Gasteiger partial charge in [-0.3, -0.25) is 0 Å². The van der Waals surface area contributed by atoms with Gasteiger partial charge in [-0.15, -0.1) is 0 Å². The van der Waals surface area contributed by atoms with Gasteiger partial charge in [0.05, 0.1) is 6.10 Å². The van der Waals surface area contributed by atoms with E-state index in [4.69, 9.17) is 16.6 Å². The molecule has 0 spiro atoms. The fourth-order valence-electron chi connectivity index (χ4n) is 1.57. The molecule has 0 fully saturated rings. The molecule has 0 saturated carbocycles. The van der Waals surface area contributed by atoms with Crippen molar-refractivity contribution in [1.82, 2.24) is 0 Å². The first kappa shape index (κ1) is 14.8. The van der Waals surface area contributed by atoms with Crippen molar-refractivity contribution in [3.63, 3.8) is 0 Å². The molecule has 0 heterocycles. The highest BCUT2D eigenvalue weighted by Gasteiger charge is 2.13. The summed E-state index contributed by atoms with van der Waals surface area (Å²) in [7, 11) is 0. The number of hydrogen-bond donors (Lipinski definition) is 4. The number of rotatable bonds is 10. The Morgan fingerprint density at radius 3 is 2.20 bits per heavy atom. The normalized spacial score (nSPS) is 15.2. The van der Waals surface area contributed by atoms with Gasteiger partial charge in [0.2, 0.25) is 0 Å². The van der Waals surface area contributed by atoms with Gasteiger partial charge in [0, 0.05) is 12.6 Å². The average molecular weight is 218 g/mol. The van der Waals surface area contributed by atoms with Crippen molar-refractivity contribution in [2.75, 3.05) is 13.2 Å². The second-order valence-electron chi connectivity index (χ2n) is 4.09. The maximum absolute atomic E-state index is 9.70. The highest BCUT2D eigenvalue weighted by atomic mass is 16.3. The smallest absolute Gasteiger partial charge is 0.0691 e. The standard InChI is InChI=1S/C11H26N2O2/c12-8-4-1-2-7-11(15)10(13)6-3-5-9-14/h10-11,14-15H,1-9,12-13H2. The zero-order chi connectivity index (χ0) is 11.5. The van der Waals surface area contributed by atoms with Crippen molar-refractivity contribution < 1.29 is 10.2 Å². The third kappa shape index (κ3) is 8.81. The molecule has 0 amide bonds. The van der Waals surface area contributed by atoms with Gasteiger partial charge >= 0.3 is 0 Å². The van der Waals surface area contributed by atoms with Crippen molar-refractivity contribution >= 4 is 0 Å². The number of unbranched alkanes of at least 4 members (excludes halogenated alkanes) is 3. The molecule has 92 valence electrons. The topological polar surface area (TPSA) is 92.5 Å². The molecule has 0 aliphatic rings. The Balaban J connectivity index is 3.38. The molecule has 15 heavy (non-hydrogen) atoms. The van der Waals surface area contributed by atoms with E-state index < -0.39 is 6.10 Å². The van der Waals surface area contributed by atoms with Gasteiger partial charge in [-0.2, -0.15) is 0 Å². The molecule has 2 atom stereocenters. The third-order valence-corrected chi connectivity index (χ3v) is 2.64. The molecule has 0 bridgehead atoms. The van der Waals surface area contributed by atoms with Crippen LogP contribution in [0.5, 0.6) is 0 Å². The molecule has 2 unspecified atom stereocenters. The predicted octanol–water partition coefficient (Wildman–Crippen LogP) is 0.356. The molecule has 4 nitrogen and oxygen atoms in total. The van der Waals surface area contributed by atoms with E-state index in [1.54, 1.807) is 0 Å². The van der Waals surface area contributed by atoms with E-state index in [1.807, 2.05) is 0 Å². The van der Waals surface area contributed by atoms with Gasteiger partial charge in [-0.1, -0.05) is 12.8 Å². The highest BCUT2D eigenvalue weighted by Crippen LogP contribution is 2.09. The molecule has 6 N–H and O–H groups in total. The molecule has 4 heteroatoms. The fraction of sp³-hybridized carbons (Fsp3) is 1.00. The van der Waals surface area contributed by atoms with Crippen LogP contribution in [0.1, 0.15) is 44.9 Å². The van der Waals surface area contributed by atoms with Crippen LogP contribution < -0.4 is 11.5 Å². The predicted molar refractivity (Wildman–Crippen MR) is 62.4 cm³/mol. The van der Waals surface area contributed by atoms with E-state index in [1.165, 1.54) is 0 Å². The summed E-state index contributed by atoms with van der Waals surface area (Å²) in [5.41, 5.74) is 11.2. The first-order chi connectivity index (χ1) is 7.22. The Kier molecular flexibility index (Phi) is 10.3. The number of aliphatic hydroxyl groups excluding tert-OH is 2. The molecule has 0 aromatic rings. The molecule has 0 rings (SSSR count). The first-order valence-electron chi connectivity index (χ1n) is 5.97. The summed E-state index contributed by atoms with van der Waals surface area (Å²) < 4.78 is 0. The van der Waals surface area contributed by atoms with Gasteiger partial charge in [-0.05, 0) is 38.6 Å². The van der Waals surface area contributed by atoms with Gasteiger partial charge in [0.1, 0.15) is 0 Å². The van der Waals surface area contributed by atoms with Gasteiger partial charge < -0.3 is 21.7 Å². The van der Waals surface area contributed by atoms with Crippen LogP contribution in [0, 0.1) is 0 Å². The maximum atomic E-state index is 9.70. The maximum Gasteiger partial charge on any atom is 0.0691 e. The Labute approximate surface area is 92.7 Å². The van der Waals surface area contributed by atoms with Gasteiger partial charge in [-0.25, -0.2) is 0 Å². The minimum Gasteiger partial charge on any atom is -0.396 e. The van der Waals surface area contributed by atoms with Gasteiger partial charge in [0.25, 0.3) is 0 Å². The second-order valence-corrected chi connectivity index (χ2v) is 4.09. The van der Waals surface area contributed by atoms with Crippen LogP contribution in [0.3, 0.4) is 0 Å². The molecular formula is C11H26N2O2. The number of nitrogens with two attached hydrogens (primary N) is 2. The van der Waals surface area contributed by atoms with Crippen molar-refractivity contribution in [2.45, 2.75) is 57.1 Å².